The summed E-state index contributed by atoms with van der Waals surface area (Å²) in [5.74, 6) is -0.200. The summed E-state index contributed by atoms with van der Waals surface area (Å²) < 4.78 is 32.5. The molecule has 0 radical (unpaired) electrons. The zero-order chi connectivity index (χ0) is 18.6. The van der Waals surface area contributed by atoms with E-state index >= 15 is 0 Å². The molecular formula is C16H21N3O4S2. The number of methoxy groups -OCH3 is 1. The molecule has 0 unspecified atom stereocenters. The first-order chi connectivity index (χ1) is 11.7. The molecule has 1 heterocycles. The molecule has 1 aromatic carbocycles. The summed E-state index contributed by atoms with van der Waals surface area (Å²) in [7, 11) is -2.40. The number of thiazole rings is 1. The average Bonchev–Trinajstić information content (AvgIpc) is 2.96. The van der Waals surface area contributed by atoms with Gasteiger partial charge in [0.2, 0.25) is 10.0 Å². The summed E-state index contributed by atoms with van der Waals surface area (Å²) >= 11 is 1.50. The molecule has 1 aromatic heterocycles. The number of amides is 1. The molecule has 0 aliphatic heterocycles. The molecule has 0 saturated heterocycles. The highest BCUT2D eigenvalue weighted by Gasteiger charge is 2.22. The number of benzene rings is 1. The molecule has 0 spiro atoms. The van der Waals surface area contributed by atoms with Gasteiger partial charge < -0.3 is 10.1 Å². The fourth-order valence-electron chi connectivity index (χ4n) is 2.16. The predicted octanol–water partition coefficient (Wildman–Crippen LogP) is 2.08. The number of ether oxygens (including phenoxy) is 1. The minimum absolute atomic E-state index is 0.0687. The first kappa shape index (κ1) is 19.4. The molecule has 0 aliphatic carbocycles. The molecule has 2 rings (SSSR count). The zero-order valence-electron chi connectivity index (χ0n) is 14.5. The highest BCUT2D eigenvalue weighted by atomic mass is 32.2. The van der Waals surface area contributed by atoms with Gasteiger partial charge in [-0.1, -0.05) is 0 Å². The first-order valence-electron chi connectivity index (χ1n) is 7.62. The lowest BCUT2D eigenvalue weighted by Gasteiger charge is -2.14. The molecule has 2 aromatic rings. The zero-order valence-corrected chi connectivity index (χ0v) is 16.1. The number of nitrogens with one attached hydrogen (secondary N) is 2. The minimum Gasteiger partial charge on any atom is -0.495 e. The number of hydrogen-bond acceptors (Lipinski definition) is 6. The van der Waals surface area contributed by atoms with Crippen molar-refractivity contribution in [2.24, 2.45) is 0 Å². The van der Waals surface area contributed by atoms with Crippen LogP contribution < -0.4 is 14.8 Å². The molecule has 0 bridgehead atoms. The lowest BCUT2D eigenvalue weighted by Crippen LogP contribution is -2.31. The average molecular weight is 383 g/mol. The van der Waals surface area contributed by atoms with Gasteiger partial charge in [-0.3, -0.25) is 4.79 Å². The van der Waals surface area contributed by atoms with E-state index in [0.717, 1.165) is 10.7 Å². The first-order valence-corrected chi connectivity index (χ1v) is 9.99. The Kier molecular flexibility index (Phi) is 6.15. The Bertz CT molecular complexity index is 860. The molecule has 0 saturated carbocycles. The second-order valence-electron chi connectivity index (χ2n) is 5.68. The molecule has 1 amide bonds. The van der Waals surface area contributed by atoms with Crippen molar-refractivity contribution in [2.75, 3.05) is 7.11 Å². The van der Waals surface area contributed by atoms with E-state index in [4.69, 9.17) is 4.74 Å². The summed E-state index contributed by atoms with van der Waals surface area (Å²) in [4.78, 5) is 16.5. The molecule has 2 N–H and O–H groups in total. The van der Waals surface area contributed by atoms with Crippen LogP contribution in [0.3, 0.4) is 0 Å². The number of aryl methyl sites for hydroxylation is 1. The summed E-state index contributed by atoms with van der Waals surface area (Å²) in [5, 5.41) is 5.52. The van der Waals surface area contributed by atoms with Gasteiger partial charge in [0.05, 0.1) is 24.4 Å². The Morgan fingerprint density at radius 1 is 1.36 bits per heavy atom. The Labute approximate surface area is 151 Å². The van der Waals surface area contributed by atoms with Crippen LogP contribution >= 0.6 is 11.3 Å². The number of carbonyl (C=O) groups is 1. The standard InChI is InChI=1S/C16H21N3O4S2/c1-10(2)19-25(21,22)15-7-12(5-6-14(15)23-4)16(20)17-8-13-9-24-11(3)18-13/h5-7,9-10,19H,8H2,1-4H3,(H,17,20). The molecule has 0 aliphatic rings. The van der Waals surface area contributed by atoms with E-state index in [2.05, 4.69) is 15.0 Å². The molecule has 0 fully saturated rings. The van der Waals surface area contributed by atoms with Crippen molar-refractivity contribution in [2.45, 2.75) is 38.3 Å². The van der Waals surface area contributed by atoms with Crippen molar-refractivity contribution in [3.63, 3.8) is 0 Å². The van der Waals surface area contributed by atoms with Crippen molar-refractivity contribution in [1.29, 1.82) is 0 Å². The third-order valence-corrected chi connectivity index (χ3v) is 5.70. The highest BCUT2D eigenvalue weighted by Crippen LogP contribution is 2.25. The van der Waals surface area contributed by atoms with Gasteiger partial charge in [0, 0.05) is 17.0 Å². The van der Waals surface area contributed by atoms with E-state index in [9.17, 15) is 13.2 Å². The second-order valence-corrected chi connectivity index (χ2v) is 8.43. The van der Waals surface area contributed by atoms with E-state index in [-0.39, 0.29) is 34.7 Å². The van der Waals surface area contributed by atoms with Gasteiger partial charge in [0.1, 0.15) is 10.6 Å². The molecular weight excluding hydrogens is 362 g/mol. The third kappa shape index (κ3) is 5.00. The van der Waals surface area contributed by atoms with E-state index in [0.29, 0.717) is 0 Å². The number of sulfonamides is 1. The van der Waals surface area contributed by atoms with E-state index in [1.165, 1.54) is 36.6 Å². The Hall–Kier alpha value is -1.97. The van der Waals surface area contributed by atoms with Gasteiger partial charge in [-0.2, -0.15) is 0 Å². The van der Waals surface area contributed by atoms with Gasteiger partial charge >= 0.3 is 0 Å². The van der Waals surface area contributed by atoms with Crippen LogP contribution in [0.2, 0.25) is 0 Å². The largest absolute Gasteiger partial charge is 0.495 e. The van der Waals surface area contributed by atoms with Gasteiger partial charge in [0.15, 0.2) is 0 Å². The highest BCUT2D eigenvalue weighted by molar-refractivity contribution is 7.89. The molecule has 0 atom stereocenters. The fourth-order valence-corrected chi connectivity index (χ4v) is 4.22. The molecule has 136 valence electrons. The van der Waals surface area contributed by atoms with Crippen molar-refractivity contribution in [3.05, 3.63) is 39.8 Å². The van der Waals surface area contributed by atoms with Crippen LogP contribution in [0.4, 0.5) is 0 Å². The Morgan fingerprint density at radius 2 is 2.08 bits per heavy atom. The van der Waals surface area contributed by atoms with Crippen LogP contribution in [-0.4, -0.2) is 32.5 Å². The quantitative estimate of drug-likeness (QED) is 0.763. The Balaban J connectivity index is 2.24. The summed E-state index contributed by atoms with van der Waals surface area (Å²) in [5.41, 5.74) is 0.996. The maximum Gasteiger partial charge on any atom is 0.251 e. The monoisotopic (exact) mass is 383 g/mol. The van der Waals surface area contributed by atoms with E-state index in [1.807, 2.05) is 12.3 Å². The van der Waals surface area contributed by atoms with Crippen molar-refractivity contribution >= 4 is 27.3 Å². The predicted molar refractivity (Wildman–Crippen MR) is 96.5 cm³/mol. The SMILES string of the molecule is COc1ccc(C(=O)NCc2csc(C)n2)cc1S(=O)(=O)NC(C)C. The maximum absolute atomic E-state index is 12.4. The van der Waals surface area contributed by atoms with Gasteiger partial charge in [-0.05, 0) is 39.0 Å². The summed E-state index contributed by atoms with van der Waals surface area (Å²) in [6, 6.07) is 4.02. The minimum atomic E-state index is -3.79. The van der Waals surface area contributed by atoms with Crippen molar-refractivity contribution in [3.8, 4) is 5.75 Å². The number of rotatable bonds is 7. The number of hydrogen-bond donors (Lipinski definition) is 2. The lowest BCUT2D eigenvalue weighted by molar-refractivity contribution is 0.0950. The Morgan fingerprint density at radius 3 is 2.64 bits per heavy atom. The van der Waals surface area contributed by atoms with Crippen LogP contribution in [0.15, 0.2) is 28.5 Å². The van der Waals surface area contributed by atoms with Gasteiger partial charge in [-0.25, -0.2) is 18.1 Å². The van der Waals surface area contributed by atoms with Crippen molar-refractivity contribution < 1.29 is 17.9 Å². The molecule has 9 heteroatoms. The van der Waals surface area contributed by atoms with E-state index < -0.39 is 10.0 Å². The van der Waals surface area contributed by atoms with Crippen LogP contribution in [0.5, 0.6) is 5.75 Å². The molecule has 7 nitrogen and oxygen atoms in total. The summed E-state index contributed by atoms with van der Waals surface area (Å²) in [6.07, 6.45) is 0. The third-order valence-electron chi connectivity index (χ3n) is 3.20. The maximum atomic E-state index is 12.4. The van der Waals surface area contributed by atoms with Crippen LogP contribution in [0.25, 0.3) is 0 Å². The number of nitrogens with zero attached hydrogens (tertiary/aromatic N) is 1. The van der Waals surface area contributed by atoms with Gasteiger partial charge in [-0.15, -0.1) is 11.3 Å². The summed E-state index contributed by atoms with van der Waals surface area (Å²) in [6.45, 7) is 5.60. The number of aromatic nitrogens is 1. The number of carbonyl (C=O) groups excluding carboxylic acids is 1. The fraction of sp³-hybridized carbons (Fsp3) is 0.375. The topological polar surface area (TPSA) is 97.4 Å². The lowest BCUT2D eigenvalue weighted by atomic mass is 10.2. The smallest absolute Gasteiger partial charge is 0.251 e. The normalized spacial score (nSPS) is 11.6. The molecule has 25 heavy (non-hydrogen) atoms. The van der Waals surface area contributed by atoms with Crippen LogP contribution in [-0.2, 0) is 16.6 Å². The van der Waals surface area contributed by atoms with Crippen molar-refractivity contribution in [1.82, 2.24) is 15.0 Å². The van der Waals surface area contributed by atoms with Crippen LogP contribution in [0, 0.1) is 6.92 Å². The second kappa shape index (κ2) is 7.94. The van der Waals surface area contributed by atoms with Gasteiger partial charge in [0.25, 0.3) is 5.91 Å². The van der Waals surface area contributed by atoms with E-state index in [1.54, 1.807) is 13.8 Å². The van der Waals surface area contributed by atoms with Crippen LogP contribution in [0.1, 0.15) is 34.9 Å².